The lowest BCUT2D eigenvalue weighted by Crippen LogP contribution is -2.20. The van der Waals surface area contributed by atoms with E-state index in [4.69, 9.17) is 5.21 Å². The van der Waals surface area contributed by atoms with Crippen LogP contribution in [0.5, 0.6) is 5.75 Å². The van der Waals surface area contributed by atoms with Crippen LogP contribution in [0.2, 0.25) is 0 Å². The number of benzene rings is 2. The molecule has 0 aliphatic rings. The molecule has 0 aliphatic carbocycles. The van der Waals surface area contributed by atoms with Gasteiger partial charge >= 0.3 is 0 Å². The Bertz CT molecular complexity index is 682. The van der Waals surface area contributed by atoms with Crippen LogP contribution in [0.1, 0.15) is 15.9 Å². The number of carbonyl (C=O) groups excluding carboxylic acids is 1. The Labute approximate surface area is 121 Å². The van der Waals surface area contributed by atoms with Crippen molar-refractivity contribution in [1.29, 1.82) is 0 Å². The molecule has 0 saturated carbocycles. The molecule has 2 rings (SSSR count). The van der Waals surface area contributed by atoms with E-state index in [0.29, 0.717) is 11.3 Å². The van der Waals surface area contributed by atoms with Gasteiger partial charge in [-0.1, -0.05) is 41.6 Å². The van der Waals surface area contributed by atoms with Gasteiger partial charge in [-0.3, -0.25) is 4.79 Å². The predicted octanol–water partition coefficient (Wildman–Crippen LogP) is 1.99. The van der Waals surface area contributed by atoms with Crippen molar-refractivity contribution in [2.75, 3.05) is 0 Å². The lowest BCUT2D eigenvalue weighted by atomic mass is 10.1. The molecule has 0 spiro atoms. The topological polar surface area (TPSA) is 94.3 Å². The summed E-state index contributed by atoms with van der Waals surface area (Å²) in [7, 11) is 0. The van der Waals surface area contributed by atoms with Crippen molar-refractivity contribution in [1.82, 2.24) is 5.43 Å². The molecule has 0 saturated heterocycles. The van der Waals surface area contributed by atoms with Gasteiger partial charge in [0, 0.05) is 11.1 Å². The summed E-state index contributed by atoms with van der Waals surface area (Å²) in [6, 6.07) is 14.9. The second-order valence-electron chi connectivity index (χ2n) is 4.10. The van der Waals surface area contributed by atoms with Crippen LogP contribution in [0, 0.1) is 0 Å². The van der Waals surface area contributed by atoms with Crippen LogP contribution in [0.25, 0.3) is 0 Å². The largest absolute Gasteiger partial charge is 0.508 e. The number of rotatable bonds is 4. The summed E-state index contributed by atoms with van der Waals surface area (Å²) >= 11 is 0. The zero-order valence-electron chi connectivity index (χ0n) is 11.0. The number of nitrogens with one attached hydrogen (secondary N) is 1. The number of phenolic OH excluding ortho intramolecular Hbond substituents is 1. The Kier molecular flexibility index (Phi) is 4.66. The third-order valence-electron chi connectivity index (χ3n) is 2.64. The highest BCUT2D eigenvalue weighted by Crippen LogP contribution is 2.10. The number of hydrogen-bond acceptors (Lipinski definition) is 5. The van der Waals surface area contributed by atoms with Gasteiger partial charge in [0.15, 0.2) is 0 Å². The Morgan fingerprint density at radius 1 is 1.05 bits per heavy atom. The summed E-state index contributed by atoms with van der Waals surface area (Å²) in [5.41, 5.74) is 3.60. The van der Waals surface area contributed by atoms with Crippen molar-refractivity contribution in [3.8, 4) is 5.75 Å². The van der Waals surface area contributed by atoms with Crippen molar-refractivity contribution in [2.45, 2.75) is 0 Å². The number of nitrogens with zero attached hydrogens (tertiary/aromatic N) is 2. The van der Waals surface area contributed by atoms with E-state index in [-0.39, 0.29) is 11.3 Å². The van der Waals surface area contributed by atoms with Crippen LogP contribution < -0.4 is 5.43 Å². The van der Waals surface area contributed by atoms with E-state index >= 15 is 0 Å². The van der Waals surface area contributed by atoms with Crippen LogP contribution in [0.15, 0.2) is 64.9 Å². The Morgan fingerprint density at radius 3 is 2.43 bits per heavy atom. The minimum Gasteiger partial charge on any atom is -0.508 e. The molecule has 0 heterocycles. The predicted molar refractivity (Wildman–Crippen MR) is 78.8 cm³/mol. The SMILES string of the molecule is O=C(N/N=C(\C=N\O)c1ccccc1)c1cccc(O)c1. The number of carbonyl (C=O) groups is 1. The number of aromatic hydroxyl groups is 1. The molecule has 1 amide bonds. The van der Waals surface area contributed by atoms with Gasteiger partial charge < -0.3 is 10.3 Å². The monoisotopic (exact) mass is 283 g/mol. The lowest BCUT2D eigenvalue weighted by Gasteiger charge is -2.03. The third-order valence-corrected chi connectivity index (χ3v) is 2.64. The van der Waals surface area contributed by atoms with Gasteiger partial charge in [-0.25, -0.2) is 5.43 Å². The Hall–Kier alpha value is -3.15. The maximum Gasteiger partial charge on any atom is 0.271 e. The molecule has 0 radical (unpaired) electrons. The summed E-state index contributed by atoms with van der Waals surface area (Å²) in [6.07, 6.45) is 1.12. The van der Waals surface area contributed by atoms with E-state index < -0.39 is 5.91 Å². The van der Waals surface area contributed by atoms with Gasteiger partial charge in [0.2, 0.25) is 0 Å². The summed E-state index contributed by atoms with van der Waals surface area (Å²) in [5.74, 6) is -0.488. The van der Waals surface area contributed by atoms with Gasteiger partial charge in [-0.15, -0.1) is 0 Å². The van der Waals surface area contributed by atoms with E-state index in [1.165, 1.54) is 12.1 Å². The molecule has 3 N–H and O–H groups in total. The zero-order valence-corrected chi connectivity index (χ0v) is 11.0. The highest BCUT2D eigenvalue weighted by atomic mass is 16.4. The van der Waals surface area contributed by atoms with Crippen LogP contribution >= 0.6 is 0 Å². The van der Waals surface area contributed by atoms with Gasteiger partial charge in [0.25, 0.3) is 5.91 Å². The first-order valence-corrected chi connectivity index (χ1v) is 6.10. The molecule has 0 aliphatic heterocycles. The first kappa shape index (κ1) is 14.3. The molecule has 6 nitrogen and oxygen atoms in total. The van der Waals surface area contributed by atoms with E-state index in [9.17, 15) is 9.90 Å². The fraction of sp³-hybridized carbons (Fsp3) is 0. The number of phenols is 1. The quantitative estimate of drug-likeness (QED) is 0.455. The normalized spacial score (nSPS) is 11.5. The van der Waals surface area contributed by atoms with Gasteiger partial charge in [0.1, 0.15) is 11.5 Å². The minimum atomic E-state index is -0.481. The lowest BCUT2D eigenvalue weighted by molar-refractivity contribution is 0.0954. The second-order valence-corrected chi connectivity index (χ2v) is 4.10. The van der Waals surface area contributed by atoms with Crippen molar-refractivity contribution < 1.29 is 15.1 Å². The van der Waals surface area contributed by atoms with Gasteiger partial charge in [-0.2, -0.15) is 5.10 Å². The molecule has 106 valence electrons. The standard InChI is InChI=1S/C15H13N3O3/c19-13-8-4-7-12(9-13)15(20)18-17-14(10-16-21)11-5-2-1-3-6-11/h1-10,19,21H,(H,18,20)/b16-10+,17-14+. The number of oxime groups is 1. The molecule has 0 aromatic heterocycles. The van der Waals surface area contributed by atoms with Crippen molar-refractivity contribution in [2.24, 2.45) is 10.3 Å². The van der Waals surface area contributed by atoms with E-state index in [2.05, 4.69) is 15.7 Å². The molecular formula is C15H13N3O3. The highest BCUT2D eigenvalue weighted by molar-refractivity contribution is 6.38. The van der Waals surface area contributed by atoms with Crippen LogP contribution in [-0.2, 0) is 0 Å². The number of hydrogen-bond donors (Lipinski definition) is 3. The van der Waals surface area contributed by atoms with Crippen molar-refractivity contribution >= 4 is 17.8 Å². The smallest absolute Gasteiger partial charge is 0.271 e. The summed E-state index contributed by atoms with van der Waals surface area (Å²) in [6.45, 7) is 0. The molecule has 0 atom stereocenters. The number of amides is 1. The Morgan fingerprint density at radius 2 is 1.76 bits per heavy atom. The molecular weight excluding hydrogens is 270 g/mol. The van der Waals surface area contributed by atoms with Crippen LogP contribution in [-0.4, -0.2) is 28.1 Å². The van der Waals surface area contributed by atoms with Crippen molar-refractivity contribution in [3.05, 3.63) is 65.7 Å². The van der Waals surface area contributed by atoms with Crippen molar-refractivity contribution in [3.63, 3.8) is 0 Å². The molecule has 2 aromatic carbocycles. The van der Waals surface area contributed by atoms with Gasteiger partial charge in [-0.05, 0) is 18.2 Å². The molecule has 6 heteroatoms. The maximum atomic E-state index is 11.9. The fourth-order valence-electron chi connectivity index (χ4n) is 1.65. The molecule has 0 fully saturated rings. The number of hydrazone groups is 1. The summed E-state index contributed by atoms with van der Waals surface area (Å²) in [4.78, 5) is 11.9. The molecule has 0 unspecified atom stereocenters. The van der Waals surface area contributed by atoms with E-state index in [1.54, 1.807) is 36.4 Å². The average molecular weight is 283 g/mol. The summed E-state index contributed by atoms with van der Waals surface area (Å²) in [5, 5.41) is 24.8. The molecule has 0 bridgehead atoms. The second kappa shape index (κ2) is 6.85. The third kappa shape index (κ3) is 3.90. The molecule has 21 heavy (non-hydrogen) atoms. The average Bonchev–Trinajstić information content (AvgIpc) is 2.52. The zero-order chi connectivity index (χ0) is 15.1. The fourth-order valence-corrected chi connectivity index (χ4v) is 1.65. The van der Waals surface area contributed by atoms with E-state index in [1.807, 2.05) is 6.07 Å². The first-order valence-electron chi connectivity index (χ1n) is 6.10. The van der Waals surface area contributed by atoms with Crippen LogP contribution in [0.3, 0.4) is 0 Å². The molecule has 2 aromatic rings. The minimum absolute atomic E-state index is 0.00756. The highest BCUT2D eigenvalue weighted by Gasteiger charge is 2.06. The van der Waals surface area contributed by atoms with Crippen LogP contribution in [0.4, 0.5) is 0 Å². The Balaban J connectivity index is 2.19. The summed E-state index contributed by atoms with van der Waals surface area (Å²) < 4.78 is 0. The van der Waals surface area contributed by atoms with Gasteiger partial charge in [0.05, 0.1) is 6.21 Å². The maximum absolute atomic E-state index is 11.9. The van der Waals surface area contributed by atoms with E-state index in [0.717, 1.165) is 6.21 Å². The first-order chi connectivity index (χ1) is 10.2.